The van der Waals surface area contributed by atoms with E-state index in [4.69, 9.17) is 9.15 Å². The normalized spacial score (nSPS) is 10.9. The Labute approximate surface area is 149 Å². The average molecular weight is 344 g/mol. The number of carbonyl (C=O) groups excluding carboxylic acids is 1. The molecule has 25 heavy (non-hydrogen) atoms. The topological polar surface area (TPSA) is 56.5 Å². The Morgan fingerprint density at radius 3 is 2.32 bits per heavy atom. The fourth-order valence-electron chi connectivity index (χ4n) is 2.85. The molecule has 0 saturated carbocycles. The average Bonchev–Trinajstić information content (AvgIpc) is 2.63. The molecule has 1 aromatic heterocycles. The molecule has 0 N–H and O–H groups in total. The summed E-state index contributed by atoms with van der Waals surface area (Å²) in [6.45, 7) is 2.59. The highest BCUT2D eigenvalue weighted by atomic mass is 16.5. The molecule has 4 nitrogen and oxygen atoms in total. The van der Waals surface area contributed by atoms with Gasteiger partial charge in [-0.3, -0.25) is 4.79 Å². The van der Waals surface area contributed by atoms with E-state index < -0.39 is 5.97 Å². The van der Waals surface area contributed by atoms with Crippen LogP contribution in [0.1, 0.15) is 75.3 Å². The number of hydrogen-bond acceptors (Lipinski definition) is 4. The third-order valence-corrected chi connectivity index (χ3v) is 4.32. The van der Waals surface area contributed by atoms with Gasteiger partial charge in [0.1, 0.15) is 5.58 Å². The van der Waals surface area contributed by atoms with Crippen LogP contribution < -0.4 is 5.43 Å². The van der Waals surface area contributed by atoms with Crippen LogP contribution in [-0.2, 0) is 4.74 Å². The van der Waals surface area contributed by atoms with Gasteiger partial charge in [-0.1, -0.05) is 70.4 Å². The quantitative estimate of drug-likeness (QED) is 0.400. The third-order valence-electron chi connectivity index (χ3n) is 4.32. The number of benzene rings is 1. The van der Waals surface area contributed by atoms with Crippen molar-refractivity contribution in [2.45, 2.75) is 64.7 Å². The highest BCUT2D eigenvalue weighted by Gasteiger charge is 2.13. The second kappa shape index (κ2) is 10.7. The zero-order valence-corrected chi connectivity index (χ0v) is 15.1. The van der Waals surface area contributed by atoms with Crippen LogP contribution in [0.15, 0.2) is 39.5 Å². The van der Waals surface area contributed by atoms with Gasteiger partial charge in [0, 0.05) is 6.07 Å². The summed E-state index contributed by atoms with van der Waals surface area (Å²) in [7, 11) is 0. The number of unbranched alkanes of at least 4 members (excludes halogenated alkanes) is 8. The summed E-state index contributed by atoms with van der Waals surface area (Å²) < 4.78 is 10.7. The lowest BCUT2D eigenvalue weighted by Crippen LogP contribution is -2.10. The molecule has 1 aromatic carbocycles. The summed E-state index contributed by atoms with van der Waals surface area (Å²) in [4.78, 5) is 24.0. The minimum absolute atomic E-state index is 0.0281. The Hall–Kier alpha value is -2.10. The molecule has 2 rings (SSSR count). The molecule has 1 heterocycles. The largest absolute Gasteiger partial charge is 0.460 e. The lowest BCUT2D eigenvalue weighted by atomic mass is 10.1. The number of para-hydroxylation sites is 1. The zero-order chi connectivity index (χ0) is 17.9. The van der Waals surface area contributed by atoms with E-state index in [-0.39, 0.29) is 11.2 Å². The summed E-state index contributed by atoms with van der Waals surface area (Å²) >= 11 is 0. The molecule has 0 aliphatic rings. The third kappa shape index (κ3) is 6.37. The molecule has 2 aromatic rings. The monoisotopic (exact) mass is 344 g/mol. The lowest BCUT2D eigenvalue weighted by Gasteiger charge is -2.05. The summed E-state index contributed by atoms with van der Waals surface area (Å²) in [6.07, 6.45) is 10.9. The maximum atomic E-state index is 12.0. The number of hydrogen-bond donors (Lipinski definition) is 0. The molecule has 0 radical (unpaired) electrons. The van der Waals surface area contributed by atoms with Crippen molar-refractivity contribution in [3.63, 3.8) is 0 Å². The van der Waals surface area contributed by atoms with E-state index in [9.17, 15) is 9.59 Å². The van der Waals surface area contributed by atoms with Gasteiger partial charge in [-0.15, -0.1) is 0 Å². The predicted octanol–water partition coefficient (Wildman–Crippen LogP) is 5.48. The standard InChI is InChI=1S/C21H28O4/c1-2-3-4-5-6-7-8-9-12-15-24-21(23)20-16-18(22)17-13-10-11-14-19(17)25-20/h10-11,13-14,16H,2-9,12,15H2,1H3. The van der Waals surface area contributed by atoms with Gasteiger partial charge in [0.05, 0.1) is 12.0 Å². The minimum atomic E-state index is -0.567. The summed E-state index contributed by atoms with van der Waals surface area (Å²) in [5.41, 5.74) is 0.182. The van der Waals surface area contributed by atoms with Crippen molar-refractivity contribution in [3.8, 4) is 0 Å². The summed E-state index contributed by atoms with van der Waals surface area (Å²) in [5.74, 6) is -0.595. The highest BCUT2D eigenvalue weighted by Crippen LogP contribution is 2.13. The smallest absolute Gasteiger partial charge is 0.374 e. The van der Waals surface area contributed by atoms with E-state index in [0.29, 0.717) is 17.6 Å². The molecule has 0 amide bonds. The van der Waals surface area contributed by atoms with Gasteiger partial charge in [-0.2, -0.15) is 0 Å². The Balaban J connectivity index is 1.67. The molecule has 0 saturated heterocycles. The van der Waals surface area contributed by atoms with Gasteiger partial charge in [-0.05, 0) is 18.6 Å². The molecular formula is C21H28O4. The fraction of sp³-hybridized carbons (Fsp3) is 0.524. The first kappa shape index (κ1) is 19.2. The van der Waals surface area contributed by atoms with Crippen molar-refractivity contribution in [2.75, 3.05) is 6.61 Å². The number of carbonyl (C=O) groups is 1. The molecule has 0 aliphatic heterocycles. The Bertz CT molecular complexity index is 717. The second-order valence-electron chi connectivity index (χ2n) is 6.44. The van der Waals surface area contributed by atoms with Crippen molar-refractivity contribution in [2.24, 2.45) is 0 Å². The summed E-state index contributed by atoms with van der Waals surface area (Å²) in [5, 5.41) is 0.470. The Kier molecular flexibility index (Phi) is 8.23. The molecule has 136 valence electrons. The van der Waals surface area contributed by atoms with Crippen molar-refractivity contribution >= 4 is 16.9 Å². The highest BCUT2D eigenvalue weighted by molar-refractivity contribution is 5.88. The number of rotatable bonds is 11. The molecule has 0 aliphatic carbocycles. The fourth-order valence-corrected chi connectivity index (χ4v) is 2.85. The first-order valence-corrected chi connectivity index (χ1v) is 9.42. The van der Waals surface area contributed by atoms with E-state index in [1.165, 1.54) is 51.0 Å². The zero-order valence-electron chi connectivity index (χ0n) is 15.1. The van der Waals surface area contributed by atoms with Crippen LogP contribution in [0.3, 0.4) is 0 Å². The second-order valence-corrected chi connectivity index (χ2v) is 6.44. The molecule has 0 fully saturated rings. The minimum Gasteiger partial charge on any atom is -0.460 e. The van der Waals surface area contributed by atoms with E-state index in [1.807, 2.05) is 0 Å². The lowest BCUT2D eigenvalue weighted by molar-refractivity contribution is 0.0462. The van der Waals surface area contributed by atoms with Crippen LogP contribution in [0.2, 0.25) is 0 Å². The number of esters is 1. The molecule has 4 heteroatoms. The first-order chi connectivity index (χ1) is 12.2. The maximum absolute atomic E-state index is 12.0. The van der Waals surface area contributed by atoms with E-state index in [1.54, 1.807) is 24.3 Å². The molecule has 0 bridgehead atoms. The van der Waals surface area contributed by atoms with Crippen molar-refractivity contribution < 1.29 is 13.9 Å². The van der Waals surface area contributed by atoms with Crippen molar-refractivity contribution in [1.29, 1.82) is 0 Å². The van der Waals surface area contributed by atoms with Crippen LogP contribution >= 0.6 is 0 Å². The van der Waals surface area contributed by atoms with E-state index >= 15 is 0 Å². The van der Waals surface area contributed by atoms with E-state index in [2.05, 4.69) is 6.92 Å². The molecule has 0 atom stereocenters. The maximum Gasteiger partial charge on any atom is 0.374 e. The Morgan fingerprint density at radius 1 is 0.960 bits per heavy atom. The van der Waals surface area contributed by atoms with Crippen LogP contribution in [-0.4, -0.2) is 12.6 Å². The first-order valence-electron chi connectivity index (χ1n) is 9.42. The van der Waals surface area contributed by atoms with Crippen LogP contribution in [0, 0.1) is 0 Å². The number of fused-ring (bicyclic) bond motifs is 1. The molecular weight excluding hydrogens is 316 g/mol. The summed E-state index contributed by atoms with van der Waals surface area (Å²) in [6, 6.07) is 8.09. The van der Waals surface area contributed by atoms with Crippen molar-refractivity contribution in [1.82, 2.24) is 0 Å². The molecule has 0 unspecified atom stereocenters. The van der Waals surface area contributed by atoms with Gasteiger partial charge in [0.15, 0.2) is 5.43 Å². The van der Waals surface area contributed by atoms with Crippen molar-refractivity contribution in [3.05, 3.63) is 46.3 Å². The van der Waals surface area contributed by atoms with Crippen LogP contribution in [0.25, 0.3) is 11.0 Å². The van der Waals surface area contributed by atoms with Crippen LogP contribution in [0.5, 0.6) is 0 Å². The SMILES string of the molecule is CCCCCCCCCCCOC(=O)c1cc(=O)c2ccccc2o1. The van der Waals surface area contributed by atoms with Gasteiger partial charge in [0.2, 0.25) is 5.76 Å². The number of ether oxygens (including phenoxy) is 1. The van der Waals surface area contributed by atoms with Gasteiger partial charge < -0.3 is 9.15 Å². The van der Waals surface area contributed by atoms with Gasteiger partial charge >= 0.3 is 5.97 Å². The Morgan fingerprint density at radius 2 is 1.60 bits per heavy atom. The van der Waals surface area contributed by atoms with E-state index in [0.717, 1.165) is 12.8 Å². The van der Waals surface area contributed by atoms with Gasteiger partial charge in [0.25, 0.3) is 0 Å². The van der Waals surface area contributed by atoms with Crippen LogP contribution in [0.4, 0.5) is 0 Å². The predicted molar refractivity (Wildman–Crippen MR) is 100.0 cm³/mol. The van der Waals surface area contributed by atoms with Gasteiger partial charge in [-0.25, -0.2) is 4.79 Å². The molecule has 0 spiro atoms.